The number of benzene rings is 2. The number of carbonyl (C=O) groups is 2. The van der Waals surface area contributed by atoms with Crippen molar-refractivity contribution in [1.82, 2.24) is 15.5 Å². The Bertz CT molecular complexity index is 1020. The monoisotopic (exact) mass is 410 g/mol. The van der Waals surface area contributed by atoms with Gasteiger partial charge in [-0.05, 0) is 35.7 Å². The van der Waals surface area contributed by atoms with Crippen LogP contribution >= 0.6 is 0 Å². The van der Waals surface area contributed by atoms with Gasteiger partial charge in [0.2, 0.25) is 5.66 Å². The highest BCUT2D eigenvalue weighted by atomic mass is 19.1. The van der Waals surface area contributed by atoms with E-state index in [0.29, 0.717) is 6.42 Å². The van der Waals surface area contributed by atoms with Crippen molar-refractivity contribution in [3.8, 4) is 0 Å². The summed E-state index contributed by atoms with van der Waals surface area (Å²) in [6.45, 7) is 0.170. The minimum Gasteiger partial charge on any atom is -0.502 e. The van der Waals surface area contributed by atoms with Crippen LogP contribution in [0.2, 0.25) is 0 Å². The number of para-hydroxylation sites is 1. The zero-order valence-electron chi connectivity index (χ0n) is 16.7. The molecule has 0 saturated carbocycles. The van der Waals surface area contributed by atoms with E-state index in [0.717, 1.165) is 16.8 Å². The number of anilines is 1. The van der Waals surface area contributed by atoms with Crippen LogP contribution in [-0.2, 0) is 22.6 Å². The van der Waals surface area contributed by atoms with Crippen LogP contribution in [0.4, 0.5) is 10.1 Å². The van der Waals surface area contributed by atoms with Crippen molar-refractivity contribution in [2.45, 2.75) is 24.7 Å². The molecule has 3 N–H and O–H groups in total. The van der Waals surface area contributed by atoms with Crippen molar-refractivity contribution in [3.05, 3.63) is 77.4 Å². The Morgan fingerprint density at radius 3 is 2.63 bits per heavy atom. The van der Waals surface area contributed by atoms with Gasteiger partial charge >= 0.3 is 0 Å². The van der Waals surface area contributed by atoms with Gasteiger partial charge in [0.1, 0.15) is 5.82 Å². The highest BCUT2D eigenvalue weighted by Crippen LogP contribution is 2.38. The molecule has 7 nitrogen and oxygen atoms in total. The maximum atomic E-state index is 13.5. The minimum absolute atomic E-state index is 0.170. The number of amides is 2. The van der Waals surface area contributed by atoms with E-state index in [1.54, 1.807) is 12.1 Å². The van der Waals surface area contributed by atoms with Crippen molar-refractivity contribution in [2.75, 3.05) is 19.0 Å². The normalized spacial score (nSPS) is 23.0. The minimum atomic E-state index is -1.45. The van der Waals surface area contributed by atoms with Crippen LogP contribution in [0.25, 0.3) is 0 Å². The number of nitrogens with one attached hydrogen (secondary N) is 2. The van der Waals surface area contributed by atoms with E-state index in [-0.39, 0.29) is 12.4 Å². The molecule has 2 aliphatic rings. The number of aliphatic hydroxyl groups is 1. The third-order valence-electron chi connectivity index (χ3n) is 5.93. The molecule has 2 heterocycles. The first-order valence-corrected chi connectivity index (χ1v) is 9.63. The lowest BCUT2D eigenvalue weighted by atomic mass is 9.91. The molecule has 0 aromatic heterocycles. The van der Waals surface area contributed by atoms with Gasteiger partial charge in [-0.25, -0.2) is 4.39 Å². The van der Waals surface area contributed by atoms with E-state index in [9.17, 15) is 19.1 Å². The molecule has 0 saturated heterocycles. The molecule has 4 rings (SSSR count). The average molecular weight is 410 g/mol. The Kier molecular flexibility index (Phi) is 4.85. The standard InChI is InChI=1S/C22H23FN4O3/c1-26-17-6-4-3-5-15(17)11-19(26)22(25-13-18(28)20(29)27(22)2)21(30)24-12-14-7-9-16(23)10-8-14/h3-10,13,19,25,28H,11-12H2,1-2H3,(H,24,30). The molecule has 2 unspecified atom stereocenters. The second-order valence-corrected chi connectivity index (χ2v) is 7.57. The highest BCUT2D eigenvalue weighted by molar-refractivity contribution is 5.99. The summed E-state index contributed by atoms with van der Waals surface area (Å²) in [5.74, 6) is -1.88. The summed E-state index contributed by atoms with van der Waals surface area (Å²) in [7, 11) is 3.37. The largest absolute Gasteiger partial charge is 0.502 e. The molecule has 2 aromatic rings. The highest BCUT2D eigenvalue weighted by Gasteiger charge is 2.56. The first-order valence-electron chi connectivity index (χ1n) is 9.63. The van der Waals surface area contributed by atoms with E-state index in [1.807, 2.05) is 36.2 Å². The van der Waals surface area contributed by atoms with Crippen molar-refractivity contribution in [2.24, 2.45) is 0 Å². The second-order valence-electron chi connectivity index (χ2n) is 7.57. The summed E-state index contributed by atoms with van der Waals surface area (Å²) in [5, 5.41) is 15.8. The first kappa shape index (κ1) is 19.8. The molecular formula is C22H23FN4O3. The van der Waals surface area contributed by atoms with Crippen LogP contribution in [0, 0.1) is 5.82 Å². The zero-order chi connectivity index (χ0) is 21.5. The van der Waals surface area contributed by atoms with Gasteiger partial charge in [-0.3, -0.25) is 9.59 Å². The lowest BCUT2D eigenvalue weighted by Crippen LogP contribution is -2.76. The predicted octanol–water partition coefficient (Wildman–Crippen LogP) is 1.66. The lowest BCUT2D eigenvalue weighted by Gasteiger charge is -2.48. The molecule has 0 bridgehead atoms. The van der Waals surface area contributed by atoms with Crippen LogP contribution in [0.3, 0.4) is 0 Å². The summed E-state index contributed by atoms with van der Waals surface area (Å²) in [6.07, 6.45) is 1.71. The topological polar surface area (TPSA) is 84.9 Å². The maximum absolute atomic E-state index is 13.5. The van der Waals surface area contributed by atoms with E-state index < -0.39 is 29.3 Å². The number of fused-ring (bicyclic) bond motifs is 1. The molecule has 2 atom stereocenters. The number of hydrogen-bond donors (Lipinski definition) is 3. The van der Waals surface area contributed by atoms with Crippen LogP contribution in [0.1, 0.15) is 11.1 Å². The van der Waals surface area contributed by atoms with Gasteiger partial charge in [-0.2, -0.15) is 0 Å². The van der Waals surface area contributed by atoms with Gasteiger partial charge in [-0.15, -0.1) is 0 Å². The third kappa shape index (κ3) is 3.04. The summed E-state index contributed by atoms with van der Waals surface area (Å²) < 4.78 is 13.2. The number of aliphatic hydroxyl groups excluding tert-OH is 1. The van der Waals surface area contributed by atoms with Gasteiger partial charge in [0.25, 0.3) is 11.8 Å². The Balaban J connectivity index is 1.67. The molecule has 0 aliphatic carbocycles. The summed E-state index contributed by atoms with van der Waals surface area (Å²) in [4.78, 5) is 29.4. The Labute approximate surface area is 173 Å². The first-order chi connectivity index (χ1) is 14.3. The molecule has 2 aliphatic heterocycles. The van der Waals surface area contributed by atoms with E-state index in [2.05, 4.69) is 10.6 Å². The maximum Gasteiger partial charge on any atom is 0.292 e. The van der Waals surface area contributed by atoms with Crippen molar-refractivity contribution < 1.29 is 19.1 Å². The van der Waals surface area contributed by atoms with E-state index in [1.165, 1.54) is 30.3 Å². The molecule has 156 valence electrons. The van der Waals surface area contributed by atoms with Crippen LogP contribution in [-0.4, -0.2) is 47.6 Å². The van der Waals surface area contributed by atoms with Gasteiger partial charge in [-0.1, -0.05) is 30.3 Å². The fraction of sp³-hybridized carbons (Fsp3) is 0.273. The smallest absolute Gasteiger partial charge is 0.292 e. The van der Waals surface area contributed by atoms with Gasteiger partial charge < -0.3 is 25.5 Å². The van der Waals surface area contributed by atoms with Crippen molar-refractivity contribution in [1.29, 1.82) is 0 Å². The number of carbonyl (C=O) groups excluding carboxylic acids is 2. The average Bonchev–Trinajstić information content (AvgIpc) is 3.09. The molecular weight excluding hydrogens is 387 g/mol. The SMILES string of the molecule is CN1c2ccccc2CC1C1(C(=O)NCc2ccc(F)cc2)NC=C(O)C(=O)N1C. The number of rotatable bonds is 4. The van der Waals surface area contributed by atoms with Gasteiger partial charge in [0.05, 0.1) is 6.04 Å². The lowest BCUT2D eigenvalue weighted by molar-refractivity contribution is -0.150. The van der Waals surface area contributed by atoms with E-state index >= 15 is 0 Å². The summed E-state index contributed by atoms with van der Waals surface area (Å²) in [6, 6.07) is 13.2. The summed E-state index contributed by atoms with van der Waals surface area (Å²) >= 11 is 0. The Morgan fingerprint density at radius 1 is 1.23 bits per heavy atom. The molecule has 0 fully saturated rings. The Morgan fingerprint density at radius 2 is 1.93 bits per heavy atom. The molecule has 2 aromatic carbocycles. The van der Waals surface area contributed by atoms with Crippen molar-refractivity contribution >= 4 is 17.5 Å². The summed E-state index contributed by atoms with van der Waals surface area (Å²) in [5.41, 5.74) is 1.33. The molecule has 8 heteroatoms. The predicted molar refractivity (Wildman–Crippen MR) is 110 cm³/mol. The number of nitrogens with zero attached hydrogens (tertiary/aromatic N) is 2. The van der Waals surface area contributed by atoms with Gasteiger partial charge in [0, 0.05) is 32.5 Å². The van der Waals surface area contributed by atoms with Crippen LogP contribution in [0.15, 0.2) is 60.5 Å². The molecule has 30 heavy (non-hydrogen) atoms. The molecule has 0 spiro atoms. The van der Waals surface area contributed by atoms with Gasteiger partial charge in [0.15, 0.2) is 5.76 Å². The fourth-order valence-corrected chi connectivity index (χ4v) is 4.25. The van der Waals surface area contributed by atoms with E-state index in [4.69, 9.17) is 0 Å². The molecule has 2 amide bonds. The second kappa shape index (κ2) is 7.37. The number of halogens is 1. The quantitative estimate of drug-likeness (QED) is 0.714. The van der Waals surface area contributed by atoms with Crippen LogP contribution in [0.5, 0.6) is 0 Å². The number of likely N-dealkylation sites (N-methyl/N-ethyl adjacent to an activating group) is 2. The van der Waals surface area contributed by atoms with Crippen LogP contribution < -0.4 is 15.5 Å². The molecule has 0 radical (unpaired) electrons. The third-order valence-corrected chi connectivity index (χ3v) is 5.93. The fourth-order valence-electron chi connectivity index (χ4n) is 4.25. The van der Waals surface area contributed by atoms with Crippen molar-refractivity contribution in [3.63, 3.8) is 0 Å². The zero-order valence-corrected chi connectivity index (χ0v) is 16.7. The number of hydrogen-bond acceptors (Lipinski definition) is 5. The Hall–Kier alpha value is -3.55.